The lowest BCUT2D eigenvalue weighted by Gasteiger charge is -2.31. The predicted octanol–water partition coefficient (Wildman–Crippen LogP) is 2.10. The molecular formula is C15H22N2O2S. The number of hydrogen-bond acceptors (Lipinski definition) is 3. The molecule has 0 radical (unpaired) electrons. The van der Waals surface area contributed by atoms with Gasteiger partial charge in [-0.25, -0.2) is 8.42 Å². The van der Waals surface area contributed by atoms with Gasteiger partial charge >= 0.3 is 0 Å². The summed E-state index contributed by atoms with van der Waals surface area (Å²) >= 11 is 0. The van der Waals surface area contributed by atoms with Crippen LogP contribution in [0.15, 0.2) is 29.2 Å². The zero-order valence-electron chi connectivity index (χ0n) is 11.7. The fourth-order valence-corrected chi connectivity index (χ4v) is 5.43. The molecule has 5 heteroatoms. The van der Waals surface area contributed by atoms with E-state index in [1.807, 2.05) is 6.07 Å². The van der Waals surface area contributed by atoms with Crippen molar-refractivity contribution in [3.05, 3.63) is 29.8 Å². The molecule has 1 aromatic rings. The summed E-state index contributed by atoms with van der Waals surface area (Å²) in [5.74, 6) is 0.566. The van der Waals surface area contributed by atoms with Gasteiger partial charge in [0.25, 0.3) is 0 Å². The average molecular weight is 294 g/mol. The minimum atomic E-state index is -3.36. The summed E-state index contributed by atoms with van der Waals surface area (Å²) in [5, 5.41) is 0. The van der Waals surface area contributed by atoms with Crippen molar-refractivity contribution < 1.29 is 8.42 Å². The minimum absolute atomic E-state index is 0.218. The SMILES string of the molecule is NCc1cccc(S(=O)(=O)N2CCC3CCCCC32)c1. The Hall–Kier alpha value is -0.910. The van der Waals surface area contributed by atoms with E-state index in [0.717, 1.165) is 24.8 Å². The summed E-state index contributed by atoms with van der Waals surface area (Å²) in [5.41, 5.74) is 6.48. The molecule has 0 aromatic heterocycles. The van der Waals surface area contributed by atoms with Gasteiger partial charge in [0.15, 0.2) is 0 Å². The highest BCUT2D eigenvalue weighted by molar-refractivity contribution is 7.89. The first-order valence-electron chi connectivity index (χ1n) is 7.44. The van der Waals surface area contributed by atoms with Crippen LogP contribution in [0.25, 0.3) is 0 Å². The van der Waals surface area contributed by atoms with Crippen LogP contribution in [0, 0.1) is 5.92 Å². The Bertz CT molecular complexity index is 585. The average Bonchev–Trinajstić information content (AvgIpc) is 2.92. The maximum Gasteiger partial charge on any atom is 0.243 e. The molecule has 2 fully saturated rings. The highest BCUT2D eigenvalue weighted by Crippen LogP contribution is 2.39. The summed E-state index contributed by atoms with van der Waals surface area (Å²) in [6.07, 6.45) is 5.61. The number of rotatable bonds is 3. The Labute approximate surface area is 121 Å². The van der Waals surface area contributed by atoms with E-state index in [2.05, 4.69) is 0 Å². The van der Waals surface area contributed by atoms with Gasteiger partial charge in [-0.2, -0.15) is 4.31 Å². The highest BCUT2D eigenvalue weighted by Gasteiger charge is 2.42. The second-order valence-electron chi connectivity index (χ2n) is 5.87. The smallest absolute Gasteiger partial charge is 0.243 e. The third kappa shape index (κ3) is 2.38. The van der Waals surface area contributed by atoms with E-state index in [-0.39, 0.29) is 6.04 Å². The summed E-state index contributed by atoms with van der Waals surface area (Å²) in [7, 11) is -3.36. The molecule has 1 saturated heterocycles. The van der Waals surface area contributed by atoms with Gasteiger partial charge in [0, 0.05) is 19.1 Å². The van der Waals surface area contributed by atoms with Crippen LogP contribution in [0.3, 0.4) is 0 Å². The molecule has 20 heavy (non-hydrogen) atoms. The van der Waals surface area contributed by atoms with Crippen molar-refractivity contribution in [3.63, 3.8) is 0 Å². The van der Waals surface area contributed by atoms with E-state index in [0.29, 0.717) is 23.9 Å². The van der Waals surface area contributed by atoms with E-state index >= 15 is 0 Å². The molecule has 2 N–H and O–H groups in total. The lowest BCUT2D eigenvalue weighted by Crippen LogP contribution is -2.39. The molecule has 2 aliphatic rings. The molecule has 110 valence electrons. The number of sulfonamides is 1. The van der Waals surface area contributed by atoms with Crippen LogP contribution >= 0.6 is 0 Å². The summed E-state index contributed by atoms with van der Waals surface area (Å²) in [4.78, 5) is 0.395. The van der Waals surface area contributed by atoms with Crippen molar-refractivity contribution in [1.29, 1.82) is 0 Å². The van der Waals surface area contributed by atoms with E-state index in [1.165, 1.54) is 12.8 Å². The molecule has 4 nitrogen and oxygen atoms in total. The van der Waals surface area contributed by atoms with E-state index in [1.54, 1.807) is 22.5 Å². The number of hydrogen-bond donors (Lipinski definition) is 1. The second-order valence-corrected chi connectivity index (χ2v) is 7.76. The molecule has 3 rings (SSSR count). The summed E-state index contributed by atoms with van der Waals surface area (Å²) < 4.78 is 27.4. The number of nitrogens with zero attached hydrogens (tertiary/aromatic N) is 1. The maximum atomic E-state index is 12.8. The molecule has 1 aromatic carbocycles. The molecular weight excluding hydrogens is 272 g/mol. The summed E-state index contributed by atoms with van der Waals surface area (Å²) in [6, 6.07) is 7.27. The molecule has 2 unspecified atom stereocenters. The predicted molar refractivity (Wildman–Crippen MR) is 78.6 cm³/mol. The first-order valence-corrected chi connectivity index (χ1v) is 8.88. The van der Waals surface area contributed by atoms with E-state index in [4.69, 9.17) is 5.73 Å². The lowest BCUT2D eigenvalue weighted by molar-refractivity contribution is 0.260. The van der Waals surface area contributed by atoms with E-state index < -0.39 is 10.0 Å². The minimum Gasteiger partial charge on any atom is -0.326 e. The Kier molecular flexibility index (Phi) is 3.84. The van der Waals surface area contributed by atoms with Crippen LogP contribution in [0.5, 0.6) is 0 Å². The standard InChI is InChI=1S/C15H22N2O2S/c16-11-12-4-3-6-14(10-12)20(18,19)17-9-8-13-5-1-2-7-15(13)17/h3-4,6,10,13,15H,1-2,5,7-9,11,16H2. The van der Waals surface area contributed by atoms with Crippen molar-refractivity contribution >= 4 is 10.0 Å². The molecule has 1 aliphatic heterocycles. The molecule has 0 spiro atoms. The fraction of sp³-hybridized carbons (Fsp3) is 0.600. The third-order valence-electron chi connectivity index (χ3n) is 4.70. The van der Waals surface area contributed by atoms with Crippen molar-refractivity contribution in [3.8, 4) is 0 Å². The Morgan fingerprint density at radius 3 is 2.80 bits per heavy atom. The molecule has 1 saturated carbocycles. The number of benzene rings is 1. The van der Waals surface area contributed by atoms with Crippen LogP contribution in [-0.4, -0.2) is 25.3 Å². The number of fused-ring (bicyclic) bond motifs is 1. The van der Waals surface area contributed by atoms with Crippen molar-refractivity contribution in [2.75, 3.05) is 6.54 Å². The van der Waals surface area contributed by atoms with Gasteiger partial charge in [-0.05, 0) is 42.9 Å². The van der Waals surface area contributed by atoms with Gasteiger partial charge in [0.05, 0.1) is 4.90 Å². The van der Waals surface area contributed by atoms with Gasteiger partial charge in [-0.1, -0.05) is 25.0 Å². The second kappa shape index (κ2) is 5.47. The fourth-order valence-electron chi connectivity index (χ4n) is 3.63. The van der Waals surface area contributed by atoms with Crippen LogP contribution in [-0.2, 0) is 16.6 Å². The van der Waals surface area contributed by atoms with Gasteiger partial charge < -0.3 is 5.73 Å². The van der Waals surface area contributed by atoms with Crippen molar-refractivity contribution in [2.45, 2.75) is 49.6 Å². The molecule has 2 atom stereocenters. The molecule has 1 heterocycles. The zero-order valence-corrected chi connectivity index (χ0v) is 12.5. The van der Waals surface area contributed by atoms with Crippen LogP contribution in [0.1, 0.15) is 37.7 Å². The van der Waals surface area contributed by atoms with E-state index in [9.17, 15) is 8.42 Å². The van der Waals surface area contributed by atoms with Gasteiger partial charge in [-0.3, -0.25) is 0 Å². The molecule has 0 bridgehead atoms. The Morgan fingerprint density at radius 1 is 1.20 bits per heavy atom. The van der Waals surface area contributed by atoms with Gasteiger partial charge in [-0.15, -0.1) is 0 Å². The molecule has 1 aliphatic carbocycles. The first kappa shape index (κ1) is 14.0. The van der Waals surface area contributed by atoms with Crippen molar-refractivity contribution in [2.24, 2.45) is 11.7 Å². The first-order chi connectivity index (χ1) is 9.63. The monoisotopic (exact) mass is 294 g/mol. The molecule has 0 amide bonds. The lowest BCUT2D eigenvalue weighted by atomic mass is 9.86. The van der Waals surface area contributed by atoms with Crippen LogP contribution in [0.4, 0.5) is 0 Å². The third-order valence-corrected chi connectivity index (χ3v) is 6.62. The normalized spacial score (nSPS) is 27.4. The van der Waals surface area contributed by atoms with Gasteiger partial charge in [0.2, 0.25) is 10.0 Å². The highest BCUT2D eigenvalue weighted by atomic mass is 32.2. The van der Waals surface area contributed by atoms with Crippen LogP contribution < -0.4 is 5.73 Å². The maximum absolute atomic E-state index is 12.8. The van der Waals surface area contributed by atoms with Crippen molar-refractivity contribution in [1.82, 2.24) is 4.31 Å². The zero-order chi connectivity index (χ0) is 14.2. The Balaban J connectivity index is 1.91. The summed E-state index contributed by atoms with van der Waals surface area (Å²) in [6.45, 7) is 1.04. The van der Waals surface area contributed by atoms with Gasteiger partial charge in [0.1, 0.15) is 0 Å². The topological polar surface area (TPSA) is 63.4 Å². The quantitative estimate of drug-likeness (QED) is 0.928. The number of nitrogens with two attached hydrogens (primary N) is 1. The van der Waals surface area contributed by atoms with Crippen LogP contribution in [0.2, 0.25) is 0 Å². The largest absolute Gasteiger partial charge is 0.326 e. The Morgan fingerprint density at radius 2 is 2.00 bits per heavy atom.